The number of anilines is 1. The first-order valence-corrected chi connectivity index (χ1v) is 8.68. The normalized spacial score (nSPS) is 24.5. The van der Waals surface area contributed by atoms with Crippen molar-refractivity contribution in [1.29, 1.82) is 0 Å². The number of aryl methyl sites for hydroxylation is 1. The smallest absolute Gasteiger partial charge is 0.319 e. The van der Waals surface area contributed by atoms with Crippen molar-refractivity contribution in [3.05, 3.63) is 28.7 Å². The van der Waals surface area contributed by atoms with Crippen LogP contribution in [0.5, 0.6) is 0 Å². The number of pyridine rings is 1. The Hall–Kier alpha value is -1.78. The molecule has 0 spiro atoms. The van der Waals surface area contributed by atoms with Gasteiger partial charge >= 0.3 is 6.03 Å². The molecule has 1 aliphatic carbocycles. The number of aromatic nitrogens is 1. The van der Waals surface area contributed by atoms with Gasteiger partial charge in [-0.25, -0.2) is 4.79 Å². The summed E-state index contributed by atoms with van der Waals surface area (Å²) in [5, 5.41) is 5.82. The standard InChI is InChI=1S/C18H29N3O2/c1-5-21-9-8-17(22)16(11-21)20-18(23)19-15-10-13(4)6-7-14(15)12(2)3/h8-9,11-15H,5-7,10H2,1-4H3,(H2,19,20,23). The lowest BCUT2D eigenvalue weighted by molar-refractivity contribution is 0.172. The molecule has 0 saturated heterocycles. The molecule has 5 heteroatoms. The predicted octanol–water partition coefficient (Wildman–Crippen LogP) is 3.45. The fourth-order valence-corrected chi connectivity index (χ4v) is 3.51. The maximum Gasteiger partial charge on any atom is 0.319 e. The summed E-state index contributed by atoms with van der Waals surface area (Å²) in [5.74, 6) is 1.67. The van der Waals surface area contributed by atoms with E-state index in [4.69, 9.17) is 0 Å². The van der Waals surface area contributed by atoms with Gasteiger partial charge in [0.05, 0.1) is 0 Å². The van der Waals surface area contributed by atoms with Crippen LogP contribution >= 0.6 is 0 Å². The number of nitrogens with zero attached hydrogens (tertiary/aromatic N) is 1. The first kappa shape index (κ1) is 17.6. The Kier molecular flexibility index (Phi) is 5.85. The number of rotatable bonds is 4. The molecule has 1 aliphatic rings. The van der Waals surface area contributed by atoms with E-state index < -0.39 is 0 Å². The van der Waals surface area contributed by atoms with Crippen molar-refractivity contribution >= 4 is 11.7 Å². The van der Waals surface area contributed by atoms with Gasteiger partial charge in [0, 0.05) is 31.0 Å². The van der Waals surface area contributed by atoms with Gasteiger partial charge in [-0.2, -0.15) is 0 Å². The molecule has 2 rings (SSSR count). The Balaban J connectivity index is 2.04. The number of carbonyl (C=O) groups is 1. The van der Waals surface area contributed by atoms with Crippen molar-refractivity contribution in [3.8, 4) is 0 Å². The highest BCUT2D eigenvalue weighted by molar-refractivity contribution is 5.89. The number of carbonyl (C=O) groups excluding carboxylic acids is 1. The highest BCUT2D eigenvalue weighted by Gasteiger charge is 2.31. The van der Waals surface area contributed by atoms with E-state index in [0.29, 0.717) is 23.4 Å². The quantitative estimate of drug-likeness (QED) is 0.893. The molecule has 2 N–H and O–H groups in total. The first-order valence-electron chi connectivity index (χ1n) is 8.68. The highest BCUT2D eigenvalue weighted by atomic mass is 16.2. The minimum atomic E-state index is -0.277. The highest BCUT2D eigenvalue weighted by Crippen LogP contribution is 2.33. The van der Waals surface area contributed by atoms with Crippen molar-refractivity contribution in [1.82, 2.24) is 9.88 Å². The molecule has 0 bridgehead atoms. The monoisotopic (exact) mass is 319 g/mol. The van der Waals surface area contributed by atoms with E-state index in [1.54, 1.807) is 12.4 Å². The number of amides is 2. The summed E-state index contributed by atoms with van der Waals surface area (Å²) in [5.41, 5.74) is 0.166. The largest absolute Gasteiger partial charge is 0.352 e. The van der Waals surface area contributed by atoms with Gasteiger partial charge in [-0.1, -0.05) is 27.2 Å². The maximum absolute atomic E-state index is 12.3. The van der Waals surface area contributed by atoms with Gasteiger partial charge in [0.15, 0.2) is 0 Å². The average Bonchev–Trinajstić information content (AvgIpc) is 2.49. The Labute approximate surface area is 138 Å². The lowest BCUT2D eigenvalue weighted by Crippen LogP contribution is -2.47. The molecule has 0 aliphatic heterocycles. The topological polar surface area (TPSA) is 63.1 Å². The van der Waals surface area contributed by atoms with Crippen molar-refractivity contribution in [2.24, 2.45) is 17.8 Å². The zero-order chi connectivity index (χ0) is 17.0. The van der Waals surface area contributed by atoms with Crippen LogP contribution < -0.4 is 16.1 Å². The van der Waals surface area contributed by atoms with Crippen LogP contribution in [0, 0.1) is 17.8 Å². The average molecular weight is 319 g/mol. The fourth-order valence-electron chi connectivity index (χ4n) is 3.51. The van der Waals surface area contributed by atoms with Crippen LogP contribution in [0.1, 0.15) is 47.0 Å². The van der Waals surface area contributed by atoms with Crippen LogP contribution in [-0.2, 0) is 6.54 Å². The third-order valence-corrected chi connectivity index (χ3v) is 4.93. The molecular formula is C18H29N3O2. The molecule has 3 unspecified atom stereocenters. The second-order valence-corrected chi connectivity index (χ2v) is 7.08. The molecule has 1 fully saturated rings. The molecule has 5 nitrogen and oxygen atoms in total. The van der Waals surface area contributed by atoms with E-state index in [2.05, 4.69) is 31.4 Å². The lowest BCUT2D eigenvalue weighted by atomic mass is 9.74. The van der Waals surface area contributed by atoms with Crippen LogP contribution in [0.25, 0.3) is 0 Å². The van der Waals surface area contributed by atoms with Crippen LogP contribution in [0.4, 0.5) is 10.5 Å². The van der Waals surface area contributed by atoms with Gasteiger partial charge in [0.1, 0.15) is 5.69 Å². The van der Waals surface area contributed by atoms with Gasteiger partial charge in [-0.3, -0.25) is 4.79 Å². The Morgan fingerprint density at radius 1 is 1.39 bits per heavy atom. The summed E-state index contributed by atoms with van der Waals surface area (Å²) in [6, 6.07) is 1.38. The lowest BCUT2D eigenvalue weighted by Gasteiger charge is -2.37. The first-order chi connectivity index (χ1) is 10.9. The van der Waals surface area contributed by atoms with Crippen LogP contribution in [-0.4, -0.2) is 16.6 Å². The predicted molar refractivity (Wildman–Crippen MR) is 93.7 cm³/mol. The second-order valence-electron chi connectivity index (χ2n) is 7.08. The third kappa shape index (κ3) is 4.60. The SMILES string of the molecule is CCn1ccc(=O)c(NC(=O)NC2CC(C)CCC2C(C)C)c1. The molecule has 128 valence electrons. The van der Waals surface area contributed by atoms with Gasteiger partial charge in [-0.05, 0) is 37.5 Å². The Bertz CT molecular complexity index is 594. The molecule has 0 radical (unpaired) electrons. The van der Waals surface area contributed by atoms with Crippen molar-refractivity contribution < 1.29 is 4.79 Å². The maximum atomic E-state index is 12.3. The summed E-state index contributed by atoms with van der Waals surface area (Å²) in [6.07, 6.45) is 6.79. The van der Waals surface area contributed by atoms with E-state index in [9.17, 15) is 9.59 Å². The van der Waals surface area contributed by atoms with Gasteiger partial charge in [0.25, 0.3) is 0 Å². The molecule has 1 saturated carbocycles. The number of hydrogen-bond acceptors (Lipinski definition) is 2. The molecule has 0 aromatic carbocycles. The number of hydrogen-bond donors (Lipinski definition) is 2. The Morgan fingerprint density at radius 2 is 2.13 bits per heavy atom. The minimum Gasteiger partial charge on any atom is -0.352 e. The molecule has 3 atom stereocenters. The summed E-state index contributed by atoms with van der Waals surface area (Å²) < 4.78 is 1.87. The summed E-state index contributed by atoms with van der Waals surface area (Å²) in [7, 11) is 0. The van der Waals surface area contributed by atoms with Crippen LogP contribution in [0.2, 0.25) is 0 Å². The van der Waals surface area contributed by atoms with E-state index in [1.807, 2.05) is 11.5 Å². The van der Waals surface area contributed by atoms with E-state index >= 15 is 0 Å². The van der Waals surface area contributed by atoms with E-state index in [-0.39, 0.29) is 17.5 Å². The van der Waals surface area contributed by atoms with E-state index in [0.717, 1.165) is 19.4 Å². The van der Waals surface area contributed by atoms with Gasteiger partial charge in [0.2, 0.25) is 5.43 Å². The van der Waals surface area contributed by atoms with Crippen LogP contribution in [0.3, 0.4) is 0 Å². The molecule has 23 heavy (non-hydrogen) atoms. The summed E-state index contributed by atoms with van der Waals surface area (Å²) in [4.78, 5) is 24.2. The summed E-state index contributed by atoms with van der Waals surface area (Å²) >= 11 is 0. The third-order valence-electron chi connectivity index (χ3n) is 4.93. The minimum absolute atomic E-state index is 0.165. The number of urea groups is 1. The number of nitrogens with one attached hydrogen (secondary N) is 2. The molecular weight excluding hydrogens is 290 g/mol. The van der Waals surface area contributed by atoms with E-state index in [1.165, 1.54) is 12.5 Å². The fraction of sp³-hybridized carbons (Fsp3) is 0.667. The Morgan fingerprint density at radius 3 is 2.78 bits per heavy atom. The zero-order valence-corrected chi connectivity index (χ0v) is 14.6. The molecule has 1 heterocycles. The van der Waals surface area contributed by atoms with Crippen molar-refractivity contribution in [2.45, 2.75) is 59.5 Å². The zero-order valence-electron chi connectivity index (χ0n) is 14.6. The van der Waals surface area contributed by atoms with Crippen molar-refractivity contribution in [3.63, 3.8) is 0 Å². The van der Waals surface area contributed by atoms with Crippen LogP contribution in [0.15, 0.2) is 23.3 Å². The molecule has 2 amide bonds. The second kappa shape index (κ2) is 7.66. The van der Waals surface area contributed by atoms with Crippen molar-refractivity contribution in [2.75, 3.05) is 5.32 Å². The summed E-state index contributed by atoms with van der Waals surface area (Å²) in [6.45, 7) is 9.41. The molecule has 1 aromatic rings. The van der Waals surface area contributed by atoms with Gasteiger partial charge < -0.3 is 15.2 Å². The van der Waals surface area contributed by atoms with Gasteiger partial charge in [-0.15, -0.1) is 0 Å². The molecule has 1 aromatic heterocycles.